The van der Waals surface area contributed by atoms with Gasteiger partial charge in [0.1, 0.15) is 5.75 Å². The van der Waals surface area contributed by atoms with Gasteiger partial charge in [-0.2, -0.15) is 0 Å². The molecule has 1 aliphatic heterocycles. The van der Waals surface area contributed by atoms with Crippen LogP contribution in [0.5, 0.6) is 5.75 Å². The van der Waals surface area contributed by atoms with Crippen LogP contribution in [0.15, 0.2) is 18.2 Å². The molecule has 0 aromatic heterocycles. The average Bonchev–Trinajstić information content (AvgIpc) is 2.57. The van der Waals surface area contributed by atoms with Crippen molar-refractivity contribution >= 4 is 5.97 Å². The van der Waals surface area contributed by atoms with E-state index in [0.29, 0.717) is 0 Å². The van der Waals surface area contributed by atoms with Gasteiger partial charge < -0.3 is 9.47 Å². The lowest BCUT2D eigenvalue weighted by Gasteiger charge is -2.37. The smallest absolute Gasteiger partial charge is 0.311 e. The van der Waals surface area contributed by atoms with Crippen molar-refractivity contribution in [3.63, 3.8) is 0 Å². The predicted molar refractivity (Wildman–Crippen MR) is 94.0 cm³/mol. The van der Waals surface area contributed by atoms with Crippen molar-refractivity contribution in [2.24, 2.45) is 11.8 Å². The Morgan fingerprint density at radius 3 is 2.62 bits per heavy atom. The molecule has 4 nitrogen and oxygen atoms in total. The van der Waals surface area contributed by atoms with Gasteiger partial charge >= 0.3 is 5.97 Å². The molecule has 1 heterocycles. The maximum Gasteiger partial charge on any atom is 0.311 e. The van der Waals surface area contributed by atoms with Gasteiger partial charge in [0, 0.05) is 19.6 Å². The number of likely N-dealkylation sites (tertiary alicyclic amines) is 1. The van der Waals surface area contributed by atoms with Crippen LogP contribution in [0.1, 0.15) is 43.2 Å². The van der Waals surface area contributed by atoms with E-state index in [1.165, 1.54) is 50.3 Å². The summed E-state index contributed by atoms with van der Waals surface area (Å²) in [4.78, 5) is 13.7. The maximum absolute atomic E-state index is 11.4. The third-order valence-corrected chi connectivity index (χ3v) is 5.34. The number of hydrogen-bond donors (Lipinski definition) is 0. The quantitative estimate of drug-likeness (QED) is 0.747. The Morgan fingerprint density at radius 1 is 1.21 bits per heavy atom. The number of carbonyl (C=O) groups is 1. The van der Waals surface area contributed by atoms with Gasteiger partial charge in [0.15, 0.2) is 0 Å². The van der Waals surface area contributed by atoms with Crippen LogP contribution in [0.4, 0.5) is 0 Å². The summed E-state index contributed by atoms with van der Waals surface area (Å²) in [5.41, 5.74) is 2.48. The zero-order valence-corrected chi connectivity index (χ0v) is 14.9. The lowest BCUT2D eigenvalue weighted by Crippen LogP contribution is -2.49. The first-order valence-electron chi connectivity index (χ1n) is 9.18. The van der Waals surface area contributed by atoms with Gasteiger partial charge in [-0.3, -0.25) is 9.69 Å². The third-order valence-electron chi connectivity index (χ3n) is 5.34. The molecule has 1 aromatic carbocycles. The molecule has 24 heavy (non-hydrogen) atoms. The second kappa shape index (κ2) is 8.02. The first kappa shape index (κ1) is 17.3. The van der Waals surface area contributed by atoms with Gasteiger partial charge in [-0.1, -0.05) is 31.4 Å². The van der Waals surface area contributed by atoms with Gasteiger partial charge in [-0.25, -0.2) is 0 Å². The molecule has 1 saturated heterocycles. The molecule has 0 spiro atoms. The number of esters is 1. The summed E-state index contributed by atoms with van der Waals surface area (Å²) in [6.45, 7) is 5.45. The monoisotopic (exact) mass is 331 g/mol. The predicted octanol–water partition coefficient (Wildman–Crippen LogP) is 3.56. The molecule has 0 radical (unpaired) electrons. The zero-order valence-electron chi connectivity index (χ0n) is 14.9. The Hall–Kier alpha value is -1.55. The number of methoxy groups -OCH3 is 1. The molecule has 0 atom stereocenters. The highest BCUT2D eigenvalue weighted by Crippen LogP contribution is 2.27. The van der Waals surface area contributed by atoms with Crippen molar-refractivity contribution in [2.45, 2.75) is 45.6 Å². The van der Waals surface area contributed by atoms with Crippen LogP contribution < -0.4 is 4.74 Å². The van der Waals surface area contributed by atoms with Gasteiger partial charge in [0.25, 0.3) is 0 Å². The van der Waals surface area contributed by atoms with Crippen molar-refractivity contribution in [2.75, 3.05) is 26.8 Å². The van der Waals surface area contributed by atoms with Crippen LogP contribution in [0, 0.1) is 18.8 Å². The fraction of sp³-hybridized carbons (Fsp3) is 0.650. The number of rotatable bonds is 6. The fourth-order valence-corrected chi connectivity index (χ4v) is 3.81. The van der Waals surface area contributed by atoms with Gasteiger partial charge in [0.05, 0.1) is 19.6 Å². The Kier molecular flexibility index (Phi) is 5.77. The first-order valence-corrected chi connectivity index (χ1v) is 9.18. The summed E-state index contributed by atoms with van der Waals surface area (Å²) in [7, 11) is 1.46. The van der Waals surface area contributed by atoms with Crippen molar-refractivity contribution in [1.29, 1.82) is 0 Å². The molecule has 4 heteroatoms. The van der Waals surface area contributed by atoms with E-state index in [0.717, 1.165) is 37.9 Å². The molecule has 2 aliphatic rings. The van der Waals surface area contributed by atoms with Crippen LogP contribution >= 0.6 is 0 Å². The van der Waals surface area contributed by atoms with Crippen LogP contribution in [-0.4, -0.2) is 37.7 Å². The third kappa shape index (κ3) is 4.29. The van der Waals surface area contributed by atoms with Crippen LogP contribution in [0.3, 0.4) is 0 Å². The number of benzene rings is 1. The summed E-state index contributed by atoms with van der Waals surface area (Å²) in [5.74, 6) is 1.71. The van der Waals surface area contributed by atoms with E-state index in [4.69, 9.17) is 9.47 Å². The normalized spacial score (nSPS) is 19.8. The first-order chi connectivity index (χ1) is 11.7. The summed E-state index contributed by atoms with van der Waals surface area (Å²) < 4.78 is 10.8. The summed E-state index contributed by atoms with van der Waals surface area (Å²) in [6, 6.07) is 6.46. The van der Waals surface area contributed by atoms with E-state index in [-0.39, 0.29) is 11.9 Å². The van der Waals surface area contributed by atoms with Crippen LogP contribution in [0.2, 0.25) is 0 Å². The lowest BCUT2D eigenvalue weighted by molar-refractivity contribution is -0.151. The molecule has 1 aromatic rings. The van der Waals surface area contributed by atoms with E-state index in [9.17, 15) is 4.79 Å². The Morgan fingerprint density at radius 2 is 1.96 bits per heavy atom. The Balaban J connectivity index is 1.47. The minimum absolute atomic E-state index is 0.0502. The van der Waals surface area contributed by atoms with Gasteiger partial charge in [0.2, 0.25) is 0 Å². The standard InChI is InChI=1S/C20H29NO3/c1-15-10-17(11-21-12-18(13-21)20(22)23-2)8-9-19(15)24-14-16-6-4-3-5-7-16/h8-10,16,18H,3-7,11-14H2,1-2H3. The van der Waals surface area contributed by atoms with Crippen LogP contribution in [0.25, 0.3) is 0 Å². The number of nitrogens with zero attached hydrogens (tertiary/aromatic N) is 1. The van der Waals surface area contributed by atoms with Crippen molar-refractivity contribution in [1.82, 2.24) is 4.90 Å². The second-order valence-corrected chi connectivity index (χ2v) is 7.33. The van der Waals surface area contributed by atoms with Crippen molar-refractivity contribution in [3.8, 4) is 5.75 Å². The summed E-state index contributed by atoms with van der Waals surface area (Å²) in [6.07, 6.45) is 6.72. The van der Waals surface area contributed by atoms with Crippen molar-refractivity contribution in [3.05, 3.63) is 29.3 Å². The Bertz CT molecular complexity index is 560. The largest absolute Gasteiger partial charge is 0.493 e. The molecule has 1 saturated carbocycles. The molecule has 132 valence electrons. The number of ether oxygens (including phenoxy) is 2. The minimum Gasteiger partial charge on any atom is -0.493 e. The highest BCUT2D eigenvalue weighted by molar-refractivity contribution is 5.73. The maximum atomic E-state index is 11.4. The fourth-order valence-electron chi connectivity index (χ4n) is 3.81. The molecule has 0 bridgehead atoms. The summed E-state index contributed by atoms with van der Waals surface area (Å²) in [5, 5.41) is 0. The molecule has 3 rings (SSSR count). The van der Waals surface area contributed by atoms with E-state index < -0.39 is 0 Å². The van der Waals surface area contributed by atoms with E-state index in [2.05, 4.69) is 30.0 Å². The zero-order chi connectivity index (χ0) is 16.9. The van der Waals surface area contributed by atoms with E-state index in [1.807, 2.05) is 0 Å². The van der Waals surface area contributed by atoms with Crippen molar-refractivity contribution < 1.29 is 14.3 Å². The average molecular weight is 331 g/mol. The number of aryl methyl sites for hydroxylation is 1. The molecular weight excluding hydrogens is 302 g/mol. The molecule has 0 unspecified atom stereocenters. The molecule has 2 fully saturated rings. The highest BCUT2D eigenvalue weighted by Gasteiger charge is 2.33. The molecule has 0 N–H and O–H groups in total. The lowest BCUT2D eigenvalue weighted by atomic mass is 9.90. The minimum atomic E-state index is -0.0890. The molecule has 0 amide bonds. The SMILES string of the molecule is COC(=O)C1CN(Cc2ccc(OCC3CCCCC3)c(C)c2)C1. The summed E-state index contributed by atoms with van der Waals surface area (Å²) >= 11 is 0. The highest BCUT2D eigenvalue weighted by atomic mass is 16.5. The Labute approximate surface area is 145 Å². The molecular formula is C20H29NO3. The van der Waals surface area contributed by atoms with Gasteiger partial charge in [-0.15, -0.1) is 0 Å². The topological polar surface area (TPSA) is 38.8 Å². The van der Waals surface area contributed by atoms with Gasteiger partial charge in [-0.05, 0) is 42.9 Å². The molecule has 1 aliphatic carbocycles. The van der Waals surface area contributed by atoms with E-state index in [1.54, 1.807) is 0 Å². The number of carbonyl (C=O) groups excluding carboxylic acids is 1. The van der Waals surface area contributed by atoms with E-state index >= 15 is 0 Å². The number of hydrogen-bond acceptors (Lipinski definition) is 4. The second-order valence-electron chi connectivity index (χ2n) is 7.33. The van der Waals surface area contributed by atoms with Crippen LogP contribution in [-0.2, 0) is 16.1 Å².